The van der Waals surface area contributed by atoms with Crippen LogP contribution < -0.4 is 5.32 Å². The van der Waals surface area contributed by atoms with Crippen molar-refractivity contribution in [2.75, 3.05) is 19.0 Å². The van der Waals surface area contributed by atoms with Gasteiger partial charge in [-0.2, -0.15) is 0 Å². The molecule has 0 bridgehead atoms. The van der Waals surface area contributed by atoms with Gasteiger partial charge in [0.2, 0.25) is 0 Å². The Hall–Kier alpha value is -3.88. The number of benzene rings is 1. The third-order valence-corrected chi connectivity index (χ3v) is 6.08. The Balaban J connectivity index is 1.32. The minimum atomic E-state index is -0.968. The number of esters is 1. The molecule has 0 saturated heterocycles. The molecule has 1 saturated carbocycles. The van der Waals surface area contributed by atoms with E-state index < -0.39 is 23.4 Å². The van der Waals surface area contributed by atoms with Crippen molar-refractivity contribution in [1.82, 2.24) is 20.2 Å². The summed E-state index contributed by atoms with van der Waals surface area (Å²) in [7, 11) is 1.33. The number of rotatable bonds is 6. The van der Waals surface area contributed by atoms with E-state index in [9.17, 15) is 13.6 Å². The summed E-state index contributed by atoms with van der Waals surface area (Å²) in [5.41, 5.74) is 2.25. The number of nitrogens with one attached hydrogen (secondary N) is 2. The fourth-order valence-corrected chi connectivity index (χ4v) is 4.34. The second-order valence-electron chi connectivity index (χ2n) is 8.25. The van der Waals surface area contributed by atoms with Gasteiger partial charge in [0.25, 0.3) is 0 Å². The van der Waals surface area contributed by atoms with Crippen LogP contribution in [0, 0.1) is 5.82 Å². The van der Waals surface area contributed by atoms with Gasteiger partial charge in [-0.15, -0.1) is 10.2 Å². The molecule has 4 aromatic rings. The van der Waals surface area contributed by atoms with E-state index >= 15 is 0 Å². The van der Waals surface area contributed by atoms with Gasteiger partial charge in [-0.25, -0.2) is 13.6 Å². The first-order valence-corrected chi connectivity index (χ1v) is 10.5. The van der Waals surface area contributed by atoms with E-state index in [0.717, 1.165) is 16.5 Å². The average molecular weight is 449 g/mol. The molecule has 3 aromatic heterocycles. The highest BCUT2D eigenvalue weighted by atomic mass is 19.1. The smallest absolute Gasteiger partial charge is 0.354 e. The molecule has 0 amide bonds. The number of halogens is 2. The number of carbonyl (C=O) groups excluding carboxylic acids is 1. The van der Waals surface area contributed by atoms with Crippen LogP contribution in [0.1, 0.15) is 29.0 Å². The van der Waals surface area contributed by atoms with Crippen LogP contribution in [0.15, 0.2) is 54.7 Å². The Bertz CT molecular complexity index is 1320. The molecule has 1 aliphatic rings. The van der Waals surface area contributed by atoms with Crippen molar-refractivity contribution in [3.8, 4) is 11.3 Å². The number of methoxy groups -OCH3 is 1. The van der Waals surface area contributed by atoms with Crippen molar-refractivity contribution < 1.29 is 18.3 Å². The quantitative estimate of drug-likeness (QED) is 0.423. The second-order valence-corrected chi connectivity index (χ2v) is 8.25. The lowest BCUT2D eigenvalue weighted by Gasteiger charge is -2.44. The van der Waals surface area contributed by atoms with Crippen LogP contribution >= 0.6 is 0 Å². The Morgan fingerprint density at radius 2 is 2.06 bits per heavy atom. The summed E-state index contributed by atoms with van der Waals surface area (Å²) in [4.78, 5) is 18.9. The SMILES string of the molecule is COC(=O)c1cc2cc(-c3ccc(NCC4(c5ncccc5F)CC(F)C4)nn3)ccc2[nH]1. The first-order chi connectivity index (χ1) is 16.0. The second kappa shape index (κ2) is 8.23. The molecule has 5 rings (SSSR count). The zero-order valence-corrected chi connectivity index (χ0v) is 17.8. The van der Waals surface area contributed by atoms with Crippen LogP contribution in [0.3, 0.4) is 0 Å². The average Bonchev–Trinajstić information content (AvgIpc) is 3.25. The van der Waals surface area contributed by atoms with Gasteiger partial charge in [-0.1, -0.05) is 6.07 Å². The van der Waals surface area contributed by atoms with Crippen LogP contribution in [0.5, 0.6) is 0 Å². The van der Waals surface area contributed by atoms with Gasteiger partial charge >= 0.3 is 5.97 Å². The number of carbonyl (C=O) groups is 1. The third-order valence-electron chi connectivity index (χ3n) is 6.08. The Morgan fingerprint density at radius 1 is 1.21 bits per heavy atom. The van der Waals surface area contributed by atoms with Gasteiger partial charge in [0.15, 0.2) is 0 Å². The molecule has 1 aliphatic carbocycles. The summed E-state index contributed by atoms with van der Waals surface area (Å²) in [5.74, 6) is -0.354. The summed E-state index contributed by atoms with van der Waals surface area (Å²) in [6.45, 7) is 0.307. The molecule has 7 nitrogen and oxygen atoms in total. The number of anilines is 1. The molecule has 0 aliphatic heterocycles. The minimum Gasteiger partial charge on any atom is -0.464 e. The highest BCUT2D eigenvalue weighted by molar-refractivity contribution is 5.95. The first-order valence-electron chi connectivity index (χ1n) is 10.5. The number of alkyl halides is 1. The van der Waals surface area contributed by atoms with Crippen molar-refractivity contribution >= 4 is 22.7 Å². The van der Waals surface area contributed by atoms with Crippen LogP contribution in [0.25, 0.3) is 22.2 Å². The van der Waals surface area contributed by atoms with E-state index in [4.69, 9.17) is 4.74 Å². The molecule has 9 heteroatoms. The number of pyridine rings is 1. The minimum absolute atomic E-state index is 0.212. The normalized spacial score (nSPS) is 19.8. The number of H-pyrrole nitrogens is 1. The van der Waals surface area contributed by atoms with Crippen LogP contribution in [0.2, 0.25) is 0 Å². The van der Waals surface area contributed by atoms with E-state index in [-0.39, 0.29) is 18.5 Å². The van der Waals surface area contributed by atoms with Crippen molar-refractivity contribution in [3.05, 3.63) is 71.9 Å². The molecule has 0 unspecified atom stereocenters. The highest BCUT2D eigenvalue weighted by Crippen LogP contribution is 2.45. The van der Waals surface area contributed by atoms with Gasteiger partial charge in [-0.05, 0) is 55.3 Å². The van der Waals surface area contributed by atoms with E-state index in [2.05, 4.69) is 25.5 Å². The maximum absolute atomic E-state index is 14.3. The van der Waals surface area contributed by atoms with Gasteiger partial charge in [0, 0.05) is 34.6 Å². The predicted molar refractivity (Wildman–Crippen MR) is 119 cm³/mol. The molecular formula is C24H21F2N5O2. The van der Waals surface area contributed by atoms with Gasteiger partial charge in [-0.3, -0.25) is 4.98 Å². The van der Waals surface area contributed by atoms with E-state index in [1.165, 1.54) is 25.4 Å². The Labute approximate surface area is 188 Å². The Kier molecular flexibility index (Phi) is 5.24. The molecule has 2 N–H and O–H groups in total. The van der Waals surface area contributed by atoms with Crippen LogP contribution in [0.4, 0.5) is 14.6 Å². The molecule has 3 heterocycles. The van der Waals surface area contributed by atoms with E-state index in [0.29, 0.717) is 23.8 Å². The largest absolute Gasteiger partial charge is 0.464 e. The summed E-state index contributed by atoms with van der Waals surface area (Å²) in [6, 6.07) is 13.8. The molecular weight excluding hydrogens is 428 g/mol. The molecule has 0 spiro atoms. The monoisotopic (exact) mass is 449 g/mol. The first kappa shape index (κ1) is 21.0. The van der Waals surface area contributed by atoms with Crippen molar-refractivity contribution in [2.24, 2.45) is 0 Å². The predicted octanol–water partition coefficient (Wildman–Crippen LogP) is 4.43. The van der Waals surface area contributed by atoms with E-state index in [1.807, 2.05) is 24.3 Å². The van der Waals surface area contributed by atoms with Crippen LogP contribution in [-0.4, -0.2) is 46.0 Å². The zero-order chi connectivity index (χ0) is 23.0. The number of ether oxygens (including phenoxy) is 1. The lowest BCUT2D eigenvalue weighted by Crippen LogP contribution is -2.49. The molecule has 168 valence electrons. The molecule has 1 aromatic carbocycles. The molecule has 0 radical (unpaired) electrons. The number of hydrogen-bond acceptors (Lipinski definition) is 6. The summed E-state index contributed by atoms with van der Waals surface area (Å²) < 4.78 is 32.8. The van der Waals surface area contributed by atoms with Gasteiger partial charge < -0.3 is 15.0 Å². The lowest BCUT2D eigenvalue weighted by molar-refractivity contribution is 0.0595. The number of nitrogens with zero attached hydrogens (tertiary/aromatic N) is 3. The highest BCUT2D eigenvalue weighted by Gasteiger charge is 2.48. The van der Waals surface area contributed by atoms with Gasteiger partial charge in [0.1, 0.15) is 23.5 Å². The van der Waals surface area contributed by atoms with Crippen molar-refractivity contribution in [2.45, 2.75) is 24.4 Å². The molecule has 1 fully saturated rings. The summed E-state index contributed by atoms with van der Waals surface area (Å²) in [6.07, 6.45) is 0.980. The van der Waals surface area contributed by atoms with E-state index in [1.54, 1.807) is 12.1 Å². The Morgan fingerprint density at radius 3 is 2.76 bits per heavy atom. The number of aromatic amines is 1. The maximum atomic E-state index is 14.3. The maximum Gasteiger partial charge on any atom is 0.354 e. The summed E-state index contributed by atoms with van der Waals surface area (Å²) in [5, 5.41) is 12.5. The lowest BCUT2D eigenvalue weighted by atomic mass is 9.65. The summed E-state index contributed by atoms with van der Waals surface area (Å²) >= 11 is 0. The number of hydrogen-bond donors (Lipinski definition) is 2. The topological polar surface area (TPSA) is 92.8 Å². The standard InChI is InChI=1S/C24H21F2N5O2/c1-33-23(32)20-10-15-9-14(4-5-18(15)29-20)19-6-7-21(31-30-19)28-13-24(11-16(25)12-24)22-17(26)3-2-8-27-22/h2-10,16,29H,11-13H2,1H3,(H,28,31). The van der Waals surface area contributed by atoms with Crippen LogP contribution in [-0.2, 0) is 10.2 Å². The van der Waals surface area contributed by atoms with Crippen molar-refractivity contribution in [1.29, 1.82) is 0 Å². The number of fused-ring (bicyclic) bond motifs is 1. The van der Waals surface area contributed by atoms with Gasteiger partial charge in [0.05, 0.1) is 18.5 Å². The fraction of sp³-hybridized carbons (Fsp3) is 0.250. The number of aromatic nitrogens is 4. The van der Waals surface area contributed by atoms with Crippen molar-refractivity contribution in [3.63, 3.8) is 0 Å². The fourth-order valence-electron chi connectivity index (χ4n) is 4.34. The third kappa shape index (κ3) is 3.90. The molecule has 33 heavy (non-hydrogen) atoms. The zero-order valence-electron chi connectivity index (χ0n) is 17.8. The molecule has 0 atom stereocenters.